The summed E-state index contributed by atoms with van der Waals surface area (Å²) in [5.74, 6) is -0.937. The van der Waals surface area contributed by atoms with E-state index in [1.807, 2.05) is 0 Å². The Kier molecular flexibility index (Phi) is 6.10. The molecule has 3 N–H and O–H groups in total. The number of hydrogen-bond donors (Lipinski definition) is 2. The Hall–Kier alpha value is -0.780. The van der Waals surface area contributed by atoms with Crippen LogP contribution in [-0.4, -0.2) is 25.2 Å². The second-order valence-electron chi connectivity index (χ2n) is 5.41. The summed E-state index contributed by atoms with van der Waals surface area (Å²) in [4.78, 5) is 11.2. The summed E-state index contributed by atoms with van der Waals surface area (Å²) in [7, 11) is 1.54. The van der Waals surface area contributed by atoms with E-state index in [1.54, 1.807) is 7.05 Å². The normalized spacial score (nSPS) is 25.9. The topological polar surface area (TPSA) is 55.1 Å². The van der Waals surface area contributed by atoms with E-state index in [0.717, 1.165) is 12.8 Å². The first-order chi connectivity index (χ1) is 8.84. The molecule has 0 aromatic rings. The van der Waals surface area contributed by atoms with Crippen LogP contribution < -0.4 is 11.1 Å². The molecule has 1 aliphatic rings. The summed E-state index contributed by atoms with van der Waals surface area (Å²) >= 11 is 0. The molecule has 1 aliphatic carbocycles. The molecule has 0 aromatic carbocycles. The van der Waals surface area contributed by atoms with E-state index < -0.39 is 18.1 Å². The molecular formula is C13H23F3N2O. The molecule has 0 bridgehead atoms. The zero-order valence-corrected chi connectivity index (χ0v) is 11.3. The third kappa shape index (κ3) is 5.38. The molecule has 0 unspecified atom stereocenters. The Bertz CT molecular complexity index is 286. The number of nitrogens with two attached hydrogens (primary N) is 1. The monoisotopic (exact) mass is 280 g/mol. The summed E-state index contributed by atoms with van der Waals surface area (Å²) in [5.41, 5.74) is 5.66. The molecule has 0 aliphatic heterocycles. The molecule has 0 radical (unpaired) electrons. The minimum absolute atomic E-state index is 0.180. The summed E-state index contributed by atoms with van der Waals surface area (Å²) in [5, 5.41) is 2.49. The van der Waals surface area contributed by atoms with E-state index in [1.165, 1.54) is 0 Å². The molecule has 0 aromatic heterocycles. The van der Waals surface area contributed by atoms with Crippen molar-refractivity contribution in [1.29, 1.82) is 0 Å². The number of alkyl halides is 3. The van der Waals surface area contributed by atoms with E-state index in [-0.39, 0.29) is 18.7 Å². The van der Waals surface area contributed by atoms with Gasteiger partial charge in [0.1, 0.15) is 0 Å². The Morgan fingerprint density at radius 1 is 1.32 bits per heavy atom. The highest BCUT2D eigenvalue weighted by atomic mass is 19.4. The fraction of sp³-hybridized carbons (Fsp3) is 0.923. The Morgan fingerprint density at radius 3 is 2.37 bits per heavy atom. The summed E-state index contributed by atoms with van der Waals surface area (Å²) in [6, 6.07) is -0.503. The standard InChI is InChI=1S/C13H23F3N2O/c1-18-12(19)11(17)4-2-3-9-5-7-10(8-6-9)13(14,15)16/h9-11H,2-8,17H2,1H3,(H,18,19)/t9?,10?,11-/m0/s1. The molecule has 3 nitrogen and oxygen atoms in total. The lowest BCUT2D eigenvalue weighted by atomic mass is 9.79. The fourth-order valence-electron chi connectivity index (χ4n) is 2.72. The second kappa shape index (κ2) is 7.12. The molecule has 1 amide bonds. The van der Waals surface area contributed by atoms with E-state index >= 15 is 0 Å². The van der Waals surface area contributed by atoms with Crippen molar-refractivity contribution in [3.05, 3.63) is 0 Å². The van der Waals surface area contributed by atoms with Crippen LogP contribution in [0.3, 0.4) is 0 Å². The van der Waals surface area contributed by atoms with Crippen LogP contribution in [0, 0.1) is 11.8 Å². The molecule has 1 saturated carbocycles. The van der Waals surface area contributed by atoms with Crippen molar-refractivity contribution in [2.24, 2.45) is 17.6 Å². The molecule has 6 heteroatoms. The van der Waals surface area contributed by atoms with Crippen LogP contribution in [0.1, 0.15) is 44.9 Å². The van der Waals surface area contributed by atoms with Gasteiger partial charge in [-0.1, -0.05) is 12.8 Å². The number of hydrogen-bond acceptors (Lipinski definition) is 2. The molecule has 0 spiro atoms. The van der Waals surface area contributed by atoms with Crippen molar-refractivity contribution in [3.63, 3.8) is 0 Å². The first kappa shape index (κ1) is 16.3. The first-order valence-electron chi connectivity index (χ1n) is 6.88. The van der Waals surface area contributed by atoms with Crippen LogP contribution >= 0.6 is 0 Å². The van der Waals surface area contributed by atoms with Gasteiger partial charge >= 0.3 is 6.18 Å². The van der Waals surface area contributed by atoms with Crippen molar-refractivity contribution < 1.29 is 18.0 Å². The maximum atomic E-state index is 12.5. The Labute approximate surface area is 112 Å². The van der Waals surface area contributed by atoms with Gasteiger partial charge < -0.3 is 11.1 Å². The van der Waals surface area contributed by atoms with Crippen molar-refractivity contribution in [2.45, 2.75) is 57.2 Å². The smallest absolute Gasteiger partial charge is 0.358 e. The van der Waals surface area contributed by atoms with Crippen LogP contribution in [-0.2, 0) is 4.79 Å². The lowest BCUT2D eigenvalue weighted by Gasteiger charge is -2.29. The number of halogens is 3. The van der Waals surface area contributed by atoms with E-state index in [9.17, 15) is 18.0 Å². The zero-order valence-electron chi connectivity index (χ0n) is 11.3. The lowest BCUT2D eigenvalue weighted by Crippen LogP contribution is -2.38. The average molecular weight is 280 g/mol. The third-order valence-electron chi connectivity index (χ3n) is 4.02. The number of carbonyl (C=O) groups is 1. The van der Waals surface area contributed by atoms with Gasteiger partial charge in [0, 0.05) is 7.05 Å². The van der Waals surface area contributed by atoms with Gasteiger partial charge in [-0.3, -0.25) is 4.79 Å². The maximum Gasteiger partial charge on any atom is 0.391 e. The average Bonchev–Trinajstić information content (AvgIpc) is 2.37. The van der Waals surface area contributed by atoms with Gasteiger partial charge in [-0.05, 0) is 38.0 Å². The highest BCUT2D eigenvalue weighted by Crippen LogP contribution is 2.40. The van der Waals surface area contributed by atoms with Crippen molar-refractivity contribution in [2.75, 3.05) is 7.05 Å². The minimum atomic E-state index is -4.04. The fourth-order valence-corrected chi connectivity index (χ4v) is 2.72. The first-order valence-corrected chi connectivity index (χ1v) is 6.88. The molecule has 0 heterocycles. The van der Waals surface area contributed by atoms with Crippen LogP contribution in [0.4, 0.5) is 13.2 Å². The number of rotatable bonds is 5. The summed E-state index contributed by atoms with van der Waals surface area (Å²) in [6.07, 6.45) is 0.000725. The zero-order chi connectivity index (χ0) is 14.5. The van der Waals surface area contributed by atoms with Crippen molar-refractivity contribution in [1.82, 2.24) is 5.32 Å². The third-order valence-corrected chi connectivity index (χ3v) is 4.02. The number of nitrogens with one attached hydrogen (secondary N) is 1. The quantitative estimate of drug-likeness (QED) is 0.813. The van der Waals surface area contributed by atoms with Gasteiger partial charge in [0.25, 0.3) is 0 Å². The molecule has 112 valence electrons. The largest absolute Gasteiger partial charge is 0.391 e. The van der Waals surface area contributed by atoms with Crippen LogP contribution in [0.2, 0.25) is 0 Å². The van der Waals surface area contributed by atoms with Crippen molar-refractivity contribution >= 4 is 5.91 Å². The lowest BCUT2D eigenvalue weighted by molar-refractivity contribution is -0.184. The predicted molar refractivity (Wildman–Crippen MR) is 67.4 cm³/mol. The van der Waals surface area contributed by atoms with Gasteiger partial charge in [-0.15, -0.1) is 0 Å². The van der Waals surface area contributed by atoms with Gasteiger partial charge in [-0.25, -0.2) is 0 Å². The van der Waals surface area contributed by atoms with Crippen LogP contribution in [0.15, 0.2) is 0 Å². The highest BCUT2D eigenvalue weighted by Gasteiger charge is 2.41. The second-order valence-corrected chi connectivity index (χ2v) is 5.41. The van der Waals surface area contributed by atoms with Crippen LogP contribution in [0.25, 0.3) is 0 Å². The van der Waals surface area contributed by atoms with E-state index in [4.69, 9.17) is 5.73 Å². The molecule has 1 rings (SSSR count). The van der Waals surface area contributed by atoms with Crippen LogP contribution in [0.5, 0.6) is 0 Å². The number of carbonyl (C=O) groups excluding carboxylic acids is 1. The SMILES string of the molecule is CNC(=O)[C@@H](N)CCCC1CCC(C(F)(F)F)CC1. The van der Waals surface area contributed by atoms with E-state index in [2.05, 4.69) is 5.32 Å². The predicted octanol–water partition coefficient (Wildman–Crippen LogP) is 2.60. The Balaban J connectivity index is 2.18. The summed E-state index contributed by atoms with van der Waals surface area (Å²) < 4.78 is 37.5. The molecule has 0 saturated heterocycles. The van der Waals surface area contributed by atoms with Gasteiger partial charge in [-0.2, -0.15) is 13.2 Å². The maximum absolute atomic E-state index is 12.5. The molecule has 1 fully saturated rings. The van der Waals surface area contributed by atoms with Crippen molar-refractivity contribution in [3.8, 4) is 0 Å². The molecular weight excluding hydrogens is 257 g/mol. The number of amides is 1. The van der Waals surface area contributed by atoms with Gasteiger partial charge in [0.2, 0.25) is 5.91 Å². The number of likely N-dealkylation sites (N-methyl/N-ethyl adjacent to an activating group) is 1. The minimum Gasteiger partial charge on any atom is -0.358 e. The van der Waals surface area contributed by atoms with Gasteiger partial charge in [0.05, 0.1) is 12.0 Å². The van der Waals surface area contributed by atoms with E-state index in [0.29, 0.717) is 25.2 Å². The molecule has 1 atom stereocenters. The summed E-state index contributed by atoms with van der Waals surface area (Å²) in [6.45, 7) is 0. The highest BCUT2D eigenvalue weighted by molar-refractivity contribution is 5.81. The van der Waals surface area contributed by atoms with Gasteiger partial charge in [0.15, 0.2) is 0 Å². The Morgan fingerprint density at radius 2 is 1.89 bits per heavy atom. The molecule has 19 heavy (non-hydrogen) atoms.